The van der Waals surface area contributed by atoms with Gasteiger partial charge in [0, 0.05) is 79.2 Å². The van der Waals surface area contributed by atoms with Crippen molar-refractivity contribution in [2.75, 3.05) is 9.80 Å². The van der Waals surface area contributed by atoms with E-state index in [4.69, 9.17) is 0 Å². The normalized spacial score (nSPS) is 15.9. The van der Waals surface area contributed by atoms with Crippen LogP contribution in [0.1, 0.15) is 11.5 Å². The average molecular weight is 783 g/mol. The molecule has 0 saturated heterocycles. The Hall–Kier alpha value is -6.11. The number of thiophene rings is 2. The molecule has 12 rings (SSSR count). The van der Waals surface area contributed by atoms with Crippen molar-refractivity contribution in [1.29, 1.82) is 0 Å². The second-order valence-electron chi connectivity index (χ2n) is 14.8. The minimum absolute atomic E-state index is 0.374. The van der Waals surface area contributed by atoms with Gasteiger partial charge in [-0.3, -0.25) is 0 Å². The van der Waals surface area contributed by atoms with Gasteiger partial charge in [0.15, 0.2) is 0 Å². The lowest BCUT2D eigenvalue weighted by Crippen LogP contribution is -2.14. The van der Waals surface area contributed by atoms with Crippen molar-refractivity contribution in [3.8, 4) is 0 Å². The second-order valence-corrected chi connectivity index (χ2v) is 18.1. The number of nitrogens with zero attached hydrogens (tertiary/aromatic N) is 2. The van der Waals surface area contributed by atoms with E-state index in [1.54, 1.807) is 0 Å². The topological polar surface area (TPSA) is 6.48 Å². The number of anilines is 6. The van der Waals surface area contributed by atoms with Crippen LogP contribution in [0.2, 0.25) is 0 Å². The lowest BCUT2D eigenvalue weighted by molar-refractivity contribution is 0.880. The zero-order chi connectivity index (χ0) is 37.5. The van der Waals surface area contributed by atoms with Crippen molar-refractivity contribution in [3.63, 3.8) is 0 Å². The van der Waals surface area contributed by atoms with Crippen LogP contribution in [0.15, 0.2) is 199 Å². The van der Waals surface area contributed by atoms with E-state index in [-0.39, 0.29) is 0 Å². The van der Waals surface area contributed by atoms with Crippen molar-refractivity contribution in [2.45, 2.75) is 16.1 Å². The molecule has 0 N–H and O–H groups in total. The van der Waals surface area contributed by atoms with Gasteiger partial charge < -0.3 is 9.80 Å². The van der Waals surface area contributed by atoms with Crippen molar-refractivity contribution in [1.82, 2.24) is 0 Å². The third kappa shape index (κ3) is 5.30. The summed E-state index contributed by atoms with van der Waals surface area (Å²) in [6.45, 7) is 0. The van der Waals surface area contributed by atoms with Gasteiger partial charge in [0.2, 0.25) is 0 Å². The predicted octanol–water partition coefficient (Wildman–Crippen LogP) is 16.2. The van der Waals surface area contributed by atoms with E-state index in [1.165, 1.54) is 67.3 Å². The quantitative estimate of drug-likeness (QED) is 0.166. The van der Waals surface area contributed by atoms with Crippen LogP contribution in [-0.4, -0.2) is 5.25 Å². The highest BCUT2D eigenvalue weighted by Crippen LogP contribution is 2.56. The molecule has 3 heterocycles. The van der Waals surface area contributed by atoms with Gasteiger partial charge in [-0.2, -0.15) is 0 Å². The van der Waals surface area contributed by atoms with Crippen molar-refractivity contribution in [2.24, 2.45) is 0 Å². The summed E-state index contributed by atoms with van der Waals surface area (Å²) in [4.78, 5) is 6.35. The molecular weight excluding hydrogens is 749 g/mol. The lowest BCUT2D eigenvalue weighted by Gasteiger charge is -2.31. The highest BCUT2D eigenvalue weighted by molar-refractivity contribution is 8.00. The SMILES string of the molecule is C1=CC2Sc3c(cccc3N(c3ccccc3)c3cc(N(c4ccccc4)c4ccc5c(c4)sc4ccccc45)c4c(c3)sc3ccc5ccccc5c34)C2C=C1. The Labute approximate surface area is 343 Å². The number of allylic oxidation sites excluding steroid dienone is 3. The number of hydrogen-bond acceptors (Lipinski definition) is 5. The largest absolute Gasteiger partial charge is 0.310 e. The maximum absolute atomic E-state index is 2.50. The van der Waals surface area contributed by atoms with Crippen LogP contribution in [0.5, 0.6) is 0 Å². The summed E-state index contributed by atoms with van der Waals surface area (Å²) in [5.74, 6) is 0.374. The van der Waals surface area contributed by atoms with Crippen LogP contribution in [-0.2, 0) is 0 Å². The van der Waals surface area contributed by atoms with Crippen LogP contribution >= 0.6 is 34.4 Å². The van der Waals surface area contributed by atoms with E-state index in [9.17, 15) is 0 Å². The van der Waals surface area contributed by atoms with Crippen molar-refractivity contribution >= 4 is 120 Å². The summed E-state index contributed by atoms with van der Waals surface area (Å²) in [6, 6.07) is 62.9. The van der Waals surface area contributed by atoms with Crippen LogP contribution in [0.4, 0.5) is 34.1 Å². The highest BCUT2D eigenvalue weighted by atomic mass is 32.2. The van der Waals surface area contributed by atoms with E-state index in [1.807, 2.05) is 34.4 Å². The number of para-hydroxylation sites is 2. The third-order valence-corrected chi connectivity index (χ3v) is 15.2. The summed E-state index contributed by atoms with van der Waals surface area (Å²) < 4.78 is 5.15. The molecule has 1 aliphatic heterocycles. The predicted molar refractivity (Wildman–Crippen MR) is 250 cm³/mol. The summed E-state index contributed by atoms with van der Waals surface area (Å²) in [7, 11) is 0. The Morgan fingerprint density at radius 1 is 0.404 bits per heavy atom. The molecule has 0 spiro atoms. The Morgan fingerprint density at radius 2 is 1.09 bits per heavy atom. The Kier molecular flexibility index (Phi) is 7.68. The first-order chi connectivity index (χ1) is 28.3. The molecule has 2 unspecified atom stereocenters. The molecule has 1 aliphatic carbocycles. The van der Waals surface area contributed by atoms with Crippen LogP contribution < -0.4 is 9.80 Å². The first-order valence-electron chi connectivity index (χ1n) is 19.4. The van der Waals surface area contributed by atoms with Gasteiger partial charge >= 0.3 is 0 Å². The van der Waals surface area contributed by atoms with Gasteiger partial charge in [0.25, 0.3) is 0 Å². The van der Waals surface area contributed by atoms with Gasteiger partial charge in [0.1, 0.15) is 0 Å². The van der Waals surface area contributed by atoms with Gasteiger partial charge in [-0.1, -0.05) is 127 Å². The summed E-state index contributed by atoms with van der Waals surface area (Å²) in [6.07, 6.45) is 9.15. The van der Waals surface area contributed by atoms with Crippen LogP contribution in [0.25, 0.3) is 51.1 Å². The van der Waals surface area contributed by atoms with Gasteiger partial charge in [0.05, 0.1) is 11.4 Å². The van der Waals surface area contributed by atoms with Gasteiger partial charge in [-0.25, -0.2) is 0 Å². The molecular formula is C52H34N2S3. The lowest BCUT2D eigenvalue weighted by atomic mass is 9.92. The Balaban J connectivity index is 1.17. The molecule has 270 valence electrons. The molecule has 2 aliphatic rings. The van der Waals surface area contributed by atoms with Crippen molar-refractivity contribution in [3.05, 3.63) is 200 Å². The fraction of sp³-hybridized carbons (Fsp3) is 0.0385. The monoisotopic (exact) mass is 782 g/mol. The number of fused-ring (bicyclic) bond motifs is 11. The van der Waals surface area contributed by atoms with Crippen molar-refractivity contribution < 1.29 is 0 Å². The maximum atomic E-state index is 2.50. The fourth-order valence-electron chi connectivity index (χ4n) is 9.02. The molecule has 10 aromatic rings. The van der Waals surface area contributed by atoms with E-state index in [0.717, 1.165) is 28.4 Å². The molecule has 0 bridgehead atoms. The maximum Gasteiger partial charge on any atom is 0.0600 e. The molecule has 2 atom stereocenters. The van der Waals surface area contributed by atoms with Crippen LogP contribution in [0, 0.1) is 0 Å². The molecule has 0 fully saturated rings. The number of benzene rings is 8. The zero-order valence-electron chi connectivity index (χ0n) is 30.7. The molecule has 0 saturated carbocycles. The Bertz CT molecular complexity index is 3250. The molecule has 57 heavy (non-hydrogen) atoms. The summed E-state index contributed by atoms with van der Waals surface area (Å²) >= 11 is 5.76. The van der Waals surface area contributed by atoms with E-state index in [0.29, 0.717) is 11.2 Å². The van der Waals surface area contributed by atoms with E-state index in [2.05, 4.69) is 204 Å². The molecule has 0 amide bonds. The first-order valence-corrected chi connectivity index (χ1v) is 21.9. The Morgan fingerprint density at radius 3 is 1.93 bits per heavy atom. The number of hydrogen-bond donors (Lipinski definition) is 0. The van der Waals surface area contributed by atoms with Crippen LogP contribution in [0.3, 0.4) is 0 Å². The fourth-order valence-corrected chi connectivity index (χ4v) is 12.8. The molecule has 2 aromatic heterocycles. The minimum atomic E-state index is 0.374. The molecule has 5 heteroatoms. The smallest absolute Gasteiger partial charge is 0.0600 e. The molecule has 0 radical (unpaired) electrons. The summed E-state index contributed by atoms with van der Waals surface area (Å²) in [5.41, 5.74) is 8.33. The van der Waals surface area contributed by atoms with Gasteiger partial charge in [-0.15, -0.1) is 34.4 Å². The molecule has 2 nitrogen and oxygen atoms in total. The minimum Gasteiger partial charge on any atom is -0.310 e. The third-order valence-electron chi connectivity index (χ3n) is 11.5. The summed E-state index contributed by atoms with van der Waals surface area (Å²) in [5, 5.41) is 8.13. The second kappa shape index (κ2) is 13.2. The number of rotatable bonds is 6. The zero-order valence-corrected chi connectivity index (χ0v) is 33.2. The molecule has 8 aromatic carbocycles. The standard InChI is InChI=1S/C52H34N2S3/c1-3-15-34(16-4-1)53(36-27-28-41-39-20-9-11-24-45(39)55-48(41)31-36)44-30-37(32-49-51(44)50-38-19-8-7-14-33(38)26-29-47(50)56-49)54(35-17-5-2-6-18-35)43-23-13-22-42-40-21-10-12-25-46(40)57-52(42)43/h1-32,40,46H. The van der Waals surface area contributed by atoms with Gasteiger partial charge in [-0.05, 0) is 83.1 Å². The highest BCUT2D eigenvalue weighted by Gasteiger charge is 2.34. The number of thioether (sulfide) groups is 1. The average Bonchev–Trinajstić information content (AvgIpc) is 3.96. The van der Waals surface area contributed by atoms with E-state index < -0.39 is 0 Å². The van der Waals surface area contributed by atoms with E-state index >= 15 is 0 Å². The first kappa shape index (κ1) is 33.1.